The minimum Gasteiger partial charge on any atom is -0.490 e. The molecule has 2 aliphatic carbocycles. The second kappa shape index (κ2) is 13.5. The van der Waals surface area contributed by atoms with Gasteiger partial charge in [-0.05, 0) is 111 Å². The lowest BCUT2D eigenvalue weighted by Gasteiger charge is -2.46. The topological polar surface area (TPSA) is 94.2 Å². The van der Waals surface area contributed by atoms with E-state index in [2.05, 4.69) is 33.9 Å². The molecule has 8 nitrogen and oxygen atoms in total. The number of hydrogen-bond acceptors (Lipinski definition) is 7. The predicted molar refractivity (Wildman–Crippen MR) is 181 cm³/mol. The van der Waals surface area contributed by atoms with Crippen LogP contribution in [0.5, 0.6) is 5.75 Å². The highest BCUT2D eigenvalue weighted by Crippen LogP contribution is 2.47. The third-order valence-electron chi connectivity index (χ3n) is 11.0. The molecule has 0 aromatic heterocycles. The number of amides is 1. The molecule has 1 spiro atoms. The van der Waals surface area contributed by atoms with Crippen LogP contribution in [0.15, 0.2) is 48.6 Å². The molecular weight excluding hydrogens is 624 g/mol. The van der Waals surface area contributed by atoms with Crippen molar-refractivity contribution in [2.75, 3.05) is 38.8 Å². The molecule has 0 saturated heterocycles. The number of methoxy groups -OCH3 is 2. The van der Waals surface area contributed by atoms with Gasteiger partial charge in [-0.15, -0.1) is 0 Å². The Morgan fingerprint density at radius 1 is 1.17 bits per heavy atom. The summed E-state index contributed by atoms with van der Waals surface area (Å²) >= 11 is 6.43. The number of sulfonamides is 1. The zero-order valence-corrected chi connectivity index (χ0v) is 28.9. The van der Waals surface area contributed by atoms with Gasteiger partial charge < -0.3 is 19.1 Å². The van der Waals surface area contributed by atoms with Crippen molar-refractivity contribution in [3.05, 3.63) is 70.3 Å². The second-order valence-electron chi connectivity index (χ2n) is 13.9. The first-order valence-corrected chi connectivity index (χ1v) is 18.5. The summed E-state index contributed by atoms with van der Waals surface area (Å²) in [5.41, 5.74) is 3.42. The molecule has 1 N–H and O–H groups in total. The minimum absolute atomic E-state index is 0.0629. The Morgan fingerprint density at radius 2 is 2.00 bits per heavy atom. The molecule has 46 heavy (non-hydrogen) atoms. The molecule has 4 aliphatic rings. The Morgan fingerprint density at radius 3 is 2.74 bits per heavy atom. The van der Waals surface area contributed by atoms with Gasteiger partial charge in [-0.2, -0.15) is 0 Å². The highest BCUT2D eigenvalue weighted by Gasteiger charge is 2.44. The molecule has 2 heterocycles. The third kappa shape index (κ3) is 6.58. The number of carbonyl (C=O) groups is 1. The number of benzene rings is 2. The average Bonchev–Trinajstić information content (AvgIpc) is 3.17. The number of hydrogen-bond donors (Lipinski definition) is 1. The van der Waals surface area contributed by atoms with Gasteiger partial charge in [0.05, 0.1) is 29.8 Å². The van der Waals surface area contributed by atoms with Crippen LogP contribution in [0.25, 0.3) is 0 Å². The smallest absolute Gasteiger partial charge is 0.264 e. The number of nitrogens with zero attached hydrogens (tertiary/aromatic N) is 1. The van der Waals surface area contributed by atoms with E-state index in [1.807, 2.05) is 32.0 Å². The number of ether oxygens (including phenoxy) is 3. The van der Waals surface area contributed by atoms with Crippen molar-refractivity contribution in [1.82, 2.24) is 4.72 Å². The minimum atomic E-state index is -4.03. The molecule has 2 aromatic rings. The van der Waals surface area contributed by atoms with E-state index in [0.717, 1.165) is 55.9 Å². The third-order valence-corrected chi connectivity index (χ3v) is 13.2. The number of rotatable bonds is 4. The van der Waals surface area contributed by atoms with E-state index >= 15 is 0 Å². The summed E-state index contributed by atoms with van der Waals surface area (Å²) in [7, 11) is -0.700. The van der Waals surface area contributed by atoms with E-state index in [1.54, 1.807) is 20.3 Å². The van der Waals surface area contributed by atoms with E-state index in [4.69, 9.17) is 25.8 Å². The molecular formula is C36H47ClN2O6S. The molecule has 0 unspecified atom stereocenters. The first-order valence-electron chi connectivity index (χ1n) is 16.6. The van der Waals surface area contributed by atoms with E-state index in [1.165, 1.54) is 11.1 Å². The lowest BCUT2D eigenvalue weighted by Crippen LogP contribution is -2.49. The van der Waals surface area contributed by atoms with Crippen molar-refractivity contribution in [2.24, 2.45) is 17.8 Å². The van der Waals surface area contributed by atoms with Crippen LogP contribution < -0.4 is 14.4 Å². The van der Waals surface area contributed by atoms with E-state index < -0.39 is 21.2 Å². The normalized spacial score (nSPS) is 32.2. The Bertz CT molecular complexity index is 1580. The summed E-state index contributed by atoms with van der Waals surface area (Å²) in [4.78, 5) is 16.1. The van der Waals surface area contributed by atoms with Gasteiger partial charge in [0, 0.05) is 43.3 Å². The van der Waals surface area contributed by atoms with Gasteiger partial charge in [-0.3, -0.25) is 4.79 Å². The number of carbonyl (C=O) groups excluding carboxylic acids is 1. The zero-order chi connectivity index (χ0) is 32.6. The van der Waals surface area contributed by atoms with E-state index in [0.29, 0.717) is 36.2 Å². The maximum absolute atomic E-state index is 13.8. The molecule has 0 radical (unpaired) electrons. The van der Waals surface area contributed by atoms with Crippen LogP contribution in [0.1, 0.15) is 73.9 Å². The van der Waals surface area contributed by atoms with Crippen LogP contribution in [-0.2, 0) is 31.3 Å². The monoisotopic (exact) mass is 670 g/mol. The molecule has 7 atom stereocenters. The molecule has 1 amide bonds. The number of aryl methyl sites for hydroxylation is 1. The van der Waals surface area contributed by atoms with Crippen molar-refractivity contribution in [3.8, 4) is 5.75 Å². The van der Waals surface area contributed by atoms with Crippen molar-refractivity contribution in [1.29, 1.82) is 0 Å². The van der Waals surface area contributed by atoms with Crippen LogP contribution in [0, 0.1) is 17.8 Å². The highest BCUT2D eigenvalue weighted by molar-refractivity contribution is 7.90. The largest absolute Gasteiger partial charge is 0.490 e. The average molecular weight is 671 g/mol. The quantitative estimate of drug-likeness (QED) is 0.382. The maximum atomic E-state index is 13.8. The van der Waals surface area contributed by atoms with E-state index in [-0.39, 0.29) is 30.0 Å². The fourth-order valence-corrected chi connectivity index (χ4v) is 10.1. The fourth-order valence-electron chi connectivity index (χ4n) is 8.12. The first kappa shape index (κ1) is 33.3. The SMILES string of the molecule is CO[C@H](C)C[C@@H]1[C@@H](C)C/C=C\[C@H](OC)[C@@H]2CC[C@H]2CN2C[C@@]3(CCCc4cc(Cl)ccc43)COc3ccc(cc32)C(=O)NS1(=O)=O. The van der Waals surface area contributed by atoms with Crippen molar-refractivity contribution in [2.45, 2.75) is 81.7 Å². The van der Waals surface area contributed by atoms with Crippen molar-refractivity contribution >= 4 is 33.2 Å². The molecule has 2 aliphatic heterocycles. The molecule has 250 valence electrons. The van der Waals surface area contributed by atoms with Gasteiger partial charge in [-0.25, -0.2) is 13.1 Å². The molecule has 2 bridgehead atoms. The summed E-state index contributed by atoms with van der Waals surface area (Å²) in [5.74, 6) is 0.555. The summed E-state index contributed by atoms with van der Waals surface area (Å²) in [6, 6.07) is 11.5. The van der Waals surface area contributed by atoms with Crippen LogP contribution in [-0.4, -0.2) is 65.7 Å². The van der Waals surface area contributed by atoms with Gasteiger partial charge in [0.1, 0.15) is 5.75 Å². The Kier molecular flexibility index (Phi) is 9.77. The number of halogens is 1. The van der Waals surface area contributed by atoms with Gasteiger partial charge in [0.25, 0.3) is 5.91 Å². The predicted octanol–water partition coefficient (Wildman–Crippen LogP) is 6.30. The molecule has 1 fully saturated rings. The number of nitrogens with one attached hydrogen (secondary N) is 1. The van der Waals surface area contributed by atoms with Crippen LogP contribution >= 0.6 is 11.6 Å². The number of anilines is 1. The fraction of sp³-hybridized carbons (Fsp3) is 0.583. The Balaban J connectivity index is 1.42. The van der Waals surface area contributed by atoms with E-state index in [9.17, 15) is 13.2 Å². The zero-order valence-electron chi connectivity index (χ0n) is 27.3. The summed E-state index contributed by atoms with van der Waals surface area (Å²) in [6.07, 6.45) is 9.80. The highest BCUT2D eigenvalue weighted by atomic mass is 35.5. The Labute approximate surface area is 278 Å². The van der Waals surface area contributed by atoms with Crippen LogP contribution in [0.3, 0.4) is 0 Å². The molecule has 2 aromatic carbocycles. The number of allylic oxidation sites excluding steroid dienone is 1. The molecule has 1 saturated carbocycles. The van der Waals surface area contributed by atoms with Gasteiger partial charge in [-0.1, -0.05) is 36.7 Å². The second-order valence-corrected chi connectivity index (χ2v) is 16.3. The summed E-state index contributed by atoms with van der Waals surface area (Å²) in [5, 5.41) is -0.0738. The van der Waals surface area contributed by atoms with Crippen molar-refractivity contribution < 1.29 is 27.4 Å². The van der Waals surface area contributed by atoms with Gasteiger partial charge in [0.15, 0.2) is 0 Å². The number of fused-ring (bicyclic) bond motifs is 4. The maximum Gasteiger partial charge on any atom is 0.264 e. The van der Waals surface area contributed by atoms with Gasteiger partial charge >= 0.3 is 0 Å². The van der Waals surface area contributed by atoms with Crippen LogP contribution in [0.2, 0.25) is 5.02 Å². The van der Waals surface area contributed by atoms with Crippen LogP contribution in [0.4, 0.5) is 5.69 Å². The Hall–Kier alpha value is -2.59. The lowest BCUT2D eigenvalue weighted by atomic mass is 9.68. The first-order chi connectivity index (χ1) is 22.0. The standard InChI is InChI=1S/C36H47ClN2O6S/c1-23-7-5-9-32(44-4)29-13-10-27(29)20-39-21-36(16-6-8-25-18-28(37)12-14-30(25)36)22-45-33-15-11-26(19-31(33)39)35(40)38-46(41,42)34(23)17-24(2)43-3/h5,9,11-12,14-15,18-19,23-24,27,29,32,34H,6-8,10,13,16-17,20-22H2,1-4H3,(H,38,40)/b9-5-/t23-,24+,27-,29+,32-,34+,36-/m0/s1. The molecule has 6 rings (SSSR count). The summed E-state index contributed by atoms with van der Waals surface area (Å²) < 4.78 is 48.1. The van der Waals surface area contributed by atoms with Gasteiger partial charge in [0.2, 0.25) is 10.0 Å². The summed E-state index contributed by atoms with van der Waals surface area (Å²) in [6.45, 7) is 5.80. The lowest BCUT2D eigenvalue weighted by molar-refractivity contribution is 0.0131. The van der Waals surface area contributed by atoms with Crippen molar-refractivity contribution in [3.63, 3.8) is 0 Å². The molecule has 10 heteroatoms.